The Morgan fingerprint density at radius 3 is 2.26 bits per heavy atom. The molecule has 0 aromatic carbocycles. The molecule has 0 radical (unpaired) electrons. The molecular formula is C15H28N2O2. The van der Waals surface area contributed by atoms with Gasteiger partial charge in [-0.3, -0.25) is 9.59 Å². The highest BCUT2D eigenvalue weighted by atomic mass is 16.2. The summed E-state index contributed by atoms with van der Waals surface area (Å²) in [6, 6.07) is -0.355. The molecule has 0 saturated carbocycles. The van der Waals surface area contributed by atoms with Gasteiger partial charge in [-0.2, -0.15) is 0 Å². The molecule has 0 aliphatic carbocycles. The first kappa shape index (κ1) is 16.0. The summed E-state index contributed by atoms with van der Waals surface area (Å²) < 4.78 is 0. The number of hydrogen-bond acceptors (Lipinski definition) is 2. The normalized spacial score (nSPS) is 28.5. The fourth-order valence-electron chi connectivity index (χ4n) is 2.36. The van der Waals surface area contributed by atoms with E-state index in [0.29, 0.717) is 19.4 Å². The van der Waals surface area contributed by atoms with Crippen molar-refractivity contribution in [3.05, 3.63) is 0 Å². The first-order valence-corrected chi connectivity index (χ1v) is 7.28. The van der Waals surface area contributed by atoms with Crippen molar-refractivity contribution < 1.29 is 9.59 Å². The lowest BCUT2D eigenvalue weighted by atomic mass is 9.87. The number of nitrogens with one attached hydrogen (secondary N) is 1. The van der Waals surface area contributed by atoms with Crippen LogP contribution in [-0.2, 0) is 9.59 Å². The van der Waals surface area contributed by atoms with Crippen molar-refractivity contribution in [3.8, 4) is 0 Å². The maximum atomic E-state index is 12.5. The first-order valence-electron chi connectivity index (χ1n) is 7.28. The van der Waals surface area contributed by atoms with E-state index in [9.17, 15) is 9.59 Å². The highest BCUT2D eigenvalue weighted by molar-refractivity contribution is 5.99. The van der Waals surface area contributed by atoms with E-state index in [1.165, 1.54) is 0 Å². The van der Waals surface area contributed by atoms with Crippen LogP contribution in [0.15, 0.2) is 0 Å². The van der Waals surface area contributed by atoms with Crippen LogP contribution < -0.4 is 5.32 Å². The third-order valence-corrected chi connectivity index (χ3v) is 4.14. The summed E-state index contributed by atoms with van der Waals surface area (Å²) in [6.07, 6.45) is 2.19. The van der Waals surface area contributed by atoms with Crippen LogP contribution >= 0.6 is 0 Å². The van der Waals surface area contributed by atoms with E-state index in [4.69, 9.17) is 0 Å². The molecule has 19 heavy (non-hydrogen) atoms. The Labute approximate surface area is 116 Å². The van der Waals surface area contributed by atoms with Crippen molar-refractivity contribution in [2.75, 3.05) is 6.54 Å². The average molecular weight is 268 g/mol. The molecule has 1 fully saturated rings. The second-order valence-corrected chi connectivity index (χ2v) is 6.86. The van der Waals surface area contributed by atoms with Gasteiger partial charge in [-0.05, 0) is 31.6 Å². The maximum Gasteiger partial charge on any atom is 0.246 e. The van der Waals surface area contributed by atoms with Crippen LogP contribution in [0.25, 0.3) is 0 Å². The molecule has 1 rings (SSSR count). The standard InChI is InChI=1S/C15H28N2O2/c1-7-11-12(18)17(10-9-14(3,4)5)15(6,8-2)13(19)16-11/h11H,7-10H2,1-6H3,(H,16,19). The highest BCUT2D eigenvalue weighted by Gasteiger charge is 2.47. The first-order chi connectivity index (χ1) is 8.65. The second-order valence-electron chi connectivity index (χ2n) is 6.86. The molecule has 2 amide bonds. The molecule has 1 aliphatic rings. The zero-order valence-corrected chi connectivity index (χ0v) is 13.2. The lowest BCUT2D eigenvalue weighted by Gasteiger charge is -2.46. The number of carbonyl (C=O) groups excluding carboxylic acids is 2. The Morgan fingerprint density at radius 1 is 1.26 bits per heavy atom. The number of piperazine rings is 1. The highest BCUT2D eigenvalue weighted by Crippen LogP contribution is 2.28. The number of rotatable bonds is 4. The van der Waals surface area contributed by atoms with E-state index in [2.05, 4.69) is 26.1 Å². The molecule has 4 nitrogen and oxygen atoms in total. The molecular weight excluding hydrogens is 240 g/mol. The number of hydrogen-bond donors (Lipinski definition) is 1. The number of nitrogens with zero attached hydrogens (tertiary/aromatic N) is 1. The molecule has 2 unspecified atom stereocenters. The predicted octanol–water partition coefficient (Wildman–Crippen LogP) is 2.33. The molecule has 110 valence electrons. The van der Waals surface area contributed by atoms with Gasteiger partial charge in [-0.15, -0.1) is 0 Å². The van der Waals surface area contributed by atoms with E-state index in [1.54, 1.807) is 4.90 Å². The van der Waals surface area contributed by atoms with E-state index >= 15 is 0 Å². The molecule has 0 aromatic rings. The molecule has 1 heterocycles. The second kappa shape index (κ2) is 5.51. The Hall–Kier alpha value is -1.06. The van der Waals surface area contributed by atoms with Crippen LogP contribution in [0.1, 0.15) is 60.8 Å². The van der Waals surface area contributed by atoms with Gasteiger partial charge in [0.05, 0.1) is 0 Å². The van der Waals surface area contributed by atoms with Crippen LogP contribution in [0.5, 0.6) is 0 Å². The van der Waals surface area contributed by atoms with Gasteiger partial charge < -0.3 is 10.2 Å². The fourth-order valence-corrected chi connectivity index (χ4v) is 2.36. The van der Waals surface area contributed by atoms with Crippen LogP contribution in [-0.4, -0.2) is 34.8 Å². The lowest BCUT2D eigenvalue weighted by Crippen LogP contribution is -2.69. The Morgan fingerprint density at radius 2 is 1.84 bits per heavy atom. The van der Waals surface area contributed by atoms with Gasteiger partial charge in [-0.25, -0.2) is 0 Å². The maximum absolute atomic E-state index is 12.5. The average Bonchev–Trinajstić information content (AvgIpc) is 2.32. The van der Waals surface area contributed by atoms with Gasteiger partial charge in [0.1, 0.15) is 11.6 Å². The minimum Gasteiger partial charge on any atom is -0.342 e. The Balaban J connectivity index is 2.97. The molecule has 1 aliphatic heterocycles. The number of carbonyl (C=O) groups is 2. The summed E-state index contributed by atoms with van der Waals surface area (Å²) >= 11 is 0. The van der Waals surface area contributed by atoms with Crippen LogP contribution in [0, 0.1) is 5.41 Å². The van der Waals surface area contributed by atoms with Crippen molar-refractivity contribution in [2.24, 2.45) is 5.41 Å². The van der Waals surface area contributed by atoms with Crippen molar-refractivity contribution in [1.29, 1.82) is 0 Å². The third-order valence-electron chi connectivity index (χ3n) is 4.14. The molecule has 2 atom stereocenters. The molecule has 4 heteroatoms. The summed E-state index contributed by atoms with van der Waals surface area (Å²) in [6.45, 7) is 12.9. The number of amides is 2. The van der Waals surface area contributed by atoms with Gasteiger partial charge in [0.25, 0.3) is 0 Å². The van der Waals surface area contributed by atoms with Gasteiger partial charge in [-0.1, -0.05) is 34.6 Å². The summed E-state index contributed by atoms with van der Waals surface area (Å²) in [5.41, 5.74) is -0.543. The van der Waals surface area contributed by atoms with Crippen molar-refractivity contribution in [2.45, 2.75) is 72.4 Å². The van der Waals surface area contributed by atoms with Crippen LogP contribution in [0.3, 0.4) is 0 Å². The summed E-state index contributed by atoms with van der Waals surface area (Å²) in [7, 11) is 0. The van der Waals surface area contributed by atoms with Crippen molar-refractivity contribution >= 4 is 11.8 Å². The fraction of sp³-hybridized carbons (Fsp3) is 0.867. The summed E-state index contributed by atoms with van der Waals surface area (Å²) in [5.74, 6) is 0.0473. The molecule has 1 N–H and O–H groups in total. The monoisotopic (exact) mass is 268 g/mol. The largest absolute Gasteiger partial charge is 0.342 e. The third kappa shape index (κ3) is 3.28. The zero-order chi connectivity index (χ0) is 14.8. The molecule has 0 bridgehead atoms. The Bertz CT molecular complexity index is 360. The lowest BCUT2D eigenvalue weighted by molar-refractivity contribution is -0.157. The predicted molar refractivity (Wildman–Crippen MR) is 76.7 cm³/mol. The SMILES string of the molecule is CCC1NC(=O)C(C)(CC)N(CCC(C)(C)C)C1=O. The topological polar surface area (TPSA) is 49.4 Å². The van der Waals surface area contributed by atoms with Crippen molar-refractivity contribution in [1.82, 2.24) is 10.2 Å². The minimum absolute atomic E-state index is 0.0182. The molecule has 0 spiro atoms. The van der Waals surface area contributed by atoms with Gasteiger partial charge in [0, 0.05) is 6.54 Å². The quantitative estimate of drug-likeness (QED) is 0.850. The van der Waals surface area contributed by atoms with Gasteiger partial charge in [0.15, 0.2) is 0 Å². The van der Waals surface area contributed by atoms with E-state index in [0.717, 1.165) is 6.42 Å². The van der Waals surface area contributed by atoms with Crippen LogP contribution in [0.2, 0.25) is 0 Å². The summed E-state index contributed by atoms with van der Waals surface area (Å²) in [5, 5.41) is 2.85. The zero-order valence-electron chi connectivity index (χ0n) is 13.2. The van der Waals surface area contributed by atoms with Crippen LogP contribution in [0.4, 0.5) is 0 Å². The molecule has 0 aromatic heterocycles. The molecule has 1 saturated heterocycles. The van der Waals surface area contributed by atoms with E-state index < -0.39 is 5.54 Å². The smallest absolute Gasteiger partial charge is 0.246 e. The minimum atomic E-state index is -0.700. The Kier molecular flexibility index (Phi) is 4.64. The van der Waals surface area contributed by atoms with E-state index in [-0.39, 0.29) is 23.3 Å². The van der Waals surface area contributed by atoms with E-state index in [1.807, 2.05) is 20.8 Å². The van der Waals surface area contributed by atoms with Gasteiger partial charge in [0.2, 0.25) is 11.8 Å². The van der Waals surface area contributed by atoms with Gasteiger partial charge >= 0.3 is 0 Å². The summed E-state index contributed by atoms with van der Waals surface area (Å²) in [4.78, 5) is 26.6. The van der Waals surface area contributed by atoms with Crippen molar-refractivity contribution in [3.63, 3.8) is 0 Å².